The fourth-order valence-electron chi connectivity index (χ4n) is 3.44. The van der Waals surface area contributed by atoms with Gasteiger partial charge in [-0.2, -0.15) is 5.10 Å². The third-order valence-corrected chi connectivity index (χ3v) is 4.88. The first-order valence-electron chi connectivity index (χ1n) is 9.01. The van der Waals surface area contributed by atoms with Crippen LogP contribution >= 0.6 is 0 Å². The summed E-state index contributed by atoms with van der Waals surface area (Å²) in [4.78, 5) is 14.9. The first-order valence-corrected chi connectivity index (χ1v) is 9.01. The Labute approximate surface area is 156 Å². The first-order chi connectivity index (χ1) is 13.2. The SMILES string of the molecule is O=C(NC[C@@H](c1ccc(F)cc1)N1CCOCC1)c1n[nH]c2ccccc12. The number of carbonyl (C=O) groups excluding carboxylic acids is 1. The lowest BCUT2D eigenvalue weighted by molar-refractivity contribution is 0.0162. The highest BCUT2D eigenvalue weighted by Gasteiger charge is 2.24. The summed E-state index contributed by atoms with van der Waals surface area (Å²) in [6.07, 6.45) is 0. The van der Waals surface area contributed by atoms with E-state index in [9.17, 15) is 9.18 Å². The summed E-state index contributed by atoms with van der Waals surface area (Å²) in [7, 11) is 0. The lowest BCUT2D eigenvalue weighted by atomic mass is 10.0. The molecule has 0 radical (unpaired) electrons. The van der Waals surface area contributed by atoms with E-state index in [4.69, 9.17) is 4.74 Å². The number of fused-ring (bicyclic) bond motifs is 1. The molecule has 0 unspecified atom stereocenters. The van der Waals surface area contributed by atoms with Crippen LogP contribution < -0.4 is 5.32 Å². The highest BCUT2D eigenvalue weighted by molar-refractivity contribution is 6.04. The average Bonchev–Trinajstić information content (AvgIpc) is 3.14. The zero-order valence-electron chi connectivity index (χ0n) is 14.8. The number of amides is 1. The molecule has 1 aliphatic heterocycles. The number of rotatable bonds is 5. The zero-order valence-corrected chi connectivity index (χ0v) is 14.8. The van der Waals surface area contributed by atoms with Crippen molar-refractivity contribution in [2.24, 2.45) is 0 Å². The third kappa shape index (κ3) is 3.84. The van der Waals surface area contributed by atoms with Gasteiger partial charge in [-0.15, -0.1) is 0 Å². The quantitative estimate of drug-likeness (QED) is 0.726. The van der Waals surface area contributed by atoms with Gasteiger partial charge in [-0.1, -0.05) is 30.3 Å². The first kappa shape index (κ1) is 17.6. The summed E-state index contributed by atoms with van der Waals surface area (Å²) >= 11 is 0. The van der Waals surface area contributed by atoms with E-state index in [2.05, 4.69) is 20.4 Å². The smallest absolute Gasteiger partial charge is 0.272 e. The number of aromatic nitrogens is 2. The number of morpholine rings is 1. The molecule has 1 atom stereocenters. The minimum Gasteiger partial charge on any atom is -0.379 e. The fraction of sp³-hybridized carbons (Fsp3) is 0.300. The molecule has 7 heteroatoms. The number of nitrogens with one attached hydrogen (secondary N) is 2. The second kappa shape index (κ2) is 7.85. The van der Waals surface area contributed by atoms with Crippen molar-refractivity contribution >= 4 is 16.8 Å². The van der Waals surface area contributed by atoms with Crippen molar-refractivity contribution in [1.82, 2.24) is 20.4 Å². The number of H-pyrrole nitrogens is 1. The minimum atomic E-state index is -0.272. The van der Waals surface area contributed by atoms with E-state index in [0.29, 0.717) is 25.5 Å². The largest absolute Gasteiger partial charge is 0.379 e. The van der Waals surface area contributed by atoms with Gasteiger partial charge in [0.1, 0.15) is 5.82 Å². The normalized spacial score (nSPS) is 16.3. The van der Waals surface area contributed by atoms with Crippen molar-refractivity contribution in [3.63, 3.8) is 0 Å². The van der Waals surface area contributed by atoms with Gasteiger partial charge in [0.25, 0.3) is 5.91 Å². The average molecular weight is 368 g/mol. The topological polar surface area (TPSA) is 70.2 Å². The van der Waals surface area contributed by atoms with Crippen LogP contribution in [0, 0.1) is 5.82 Å². The molecule has 4 rings (SSSR count). The number of benzene rings is 2. The molecule has 1 amide bonds. The van der Waals surface area contributed by atoms with Gasteiger partial charge in [0.2, 0.25) is 0 Å². The summed E-state index contributed by atoms with van der Waals surface area (Å²) in [5, 5.41) is 10.8. The van der Waals surface area contributed by atoms with Crippen LogP contribution in [0.4, 0.5) is 4.39 Å². The van der Waals surface area contributed by atoms with Crippen LogP contribution in [0.3, 0.4) is 0 Å². The van der Waals surface area contributed by atoms with Crippen LogP contribution in [0.2, 0.25) is 0 Å². The van der Waals surface area contributed by atoms with E-state index in [0.717, 1.165) is 29.6 Å². The van der Waals surface area contributed by atoms with Crippen LogP contribution in [0.5, 0.6) is 0 Å². The Morgan fingerprint density at radius 3 is 2.70 bits per heavy atom. The molecule has 0 bridgehead atoms. The van der Waals surface area contributed by atoms with E-state index in [1.165, 1.54) is 12.1 Å². The van der Waals surface area contributed by atoms with Crippen LogP contribution in [0.15, 0.2) is 48.5 Å². The van der Waals surface area contributed by atoms with Crippen molar-refractivity contribution in [1.29, 1.82) is 0 Å². The molecule has 2 heterocycles. The van der Waals surface area contributed by atoms with Crippen LogP contribution in [0.1, 0.15) is 22.1 Å². The molecule has 140 valence electrons. The van der Waals surface area contributed by atoms with Gasteiger partial charge in [-0.25, -0.2) is 4.39 Å². The molecule has 0 spiro atoms. The molecule has 1 saturated heterocycles. The summed E-state index contributed by atoms with van der Waals surface area (Å²) in [6, 6.07) is 13.9. The van der Waals surface area contributed by atoms with Gasteiger partial charge in [-0.3, -0.25) is 14.8 Å². The number of para-hydroxylation sites is 1. The minimum absolute atomic E-state index is 0.0522. The molecular formula is C20H21FN4O2. The molecule has 3 aromatic rings. The van der Waals surface area contributed by atoms with Crippen molar-refractivity contribution in [3.8, 4) is 0 Å². The molecule has 0 saturated carbocycles. The molecule has 2 N–H and O–H groups in total. The van der Waals surface area contributed by atoms with E-state index < -0.39 is 0 Å². The summed E-state index contributed by atoms with van der Waals surface area (Å²) < 4.78 is 18.8. The Bertz CT molecular complexity index is 919. The number of hydrogen-bond acceptors (Lipinski definition) is 4. The van der Waals surface area contributed by atoms with Crippen LogP contribution in [-0.2, 0) is 4.74 Å². The van der Waals surface area contributed by atoms with Crippen LogP contribution in [-0.4, -0.2) is 53.9 Å². The van der Waals surface area contributed by atoms with Gasteiger partial charge in [0.15, 0.2) is 5.69 Å². The number of nitrogens with zero attached hydrogens (tertiary/aromatic N) is 2. The van der Waals surface area contributed by atoms with Gasteiger partial charge >= 0.3 is 0 Å². The van der Waals surface area contributed by atoms with E-state index in [1.807, 2.05) is 24.3 Å². The summed E-state index contributed by atoms with van der Waals surface area (Å²) in [5.41, 5.74) is 2.17. The predicted octanol–water partition coefficient (Wildman–Crippen LogP) is 2.51. The maximum absolute atomic E-state index is 13.3. The fourth-order valence-corrected chi connectivity index (χ4v) is 3.44. The van der Waals surface area contributed by atoms with Gasteiger partial charge in [0.05, 0.1) is 24.8 Å². The molecule has 1 aliphatic rings. The van der Waals surface area contributed by atoms with Crippen LogP contribution in [0.25, 0.3) is 10.9 Å². The van der Waals surface area contributed by atoms with Gasteiger partial charge in [0, 0.05) is 25.0 Å². The summed E-state index contributed by atoms with van der Waals surface area (Å²) in [5.74, 6) is -0.501. The highest BCUT2D eigenvalue weighted by Crippen LogP contribution is 2.22. The van der Waals surface area contributed by atoms with E-state index >= 15 is 0 Å². The maximum atomic E-state index is 13.3. The lowest BCUT2D eigenvalue weighted by Gasteiger charge is -2.34. The van der Waals surface area contributed by atoms with Crippen molar-refractivity contribution < 1.29 is 13.9 Å². The van der Waals surface area contributed by atoms with Crippen molar-refractivity contribution in [3.05, 3.63) is 65.6 Å². The molecule has 0 aliphatic carbocycles. The Balaban J connectivity index is 1.52. The second-order valence-corrected chi connectivity index (χ2v) is 6.54. The number of hydrogen-bond donors (Lipinski definition) is 2. The molecule has 6 nitrogen and oxygen atoms in total. The number of ether oxygens (including phenoxy) is 1. The van der Waals surface area contributed by atoms with Gasteiger partial charge < -0.3 is 10.1 Å². The molecule has 27 heavy (non-hydrogen) atoms. The number of aromatic amines is 1. The Kier molecular flexibility index (Phi) is 5.13. The second-order valence-electron chi connectivity index (χ2n) is 6.54. The Morgan fingerprint density at radius 1 is 1.19 bits per heavy atom. The number of carbonyl (C=O) groups is 1. The lowest BCUT2D eigenvalue weighted by Crippen LogP contribution is -2.43. The Morgan fingerprint density at radius 2 is 1.93 bits per heavy atom. The summed E-state index contributed by atoms with van der Waals surface area (Å²) in [6.45, 7) is 3.24. The highest BCUT2D eigenvalue weighted by atomic mass is 19.1. The molecule has 1 aromatic heterocycles. The predicted molar refractivity (Wildman–Crippen MR) is 100.0 cm³/mol. The van der Waals surface area contributed by atoms with E-state index in [-0.39, 0.29) is 17.8 Å². The van der Waals surface area contributed by atoms with Crippen molar-refractivity contribution in [2.75, 3.05) is 32.8 Å². The number of halogens is 1. The standard InChI is InChI=1S/C20H21FN4O2/c21-15-7-5-14(6-8-15)18(25-9-11-27-12-10-25)13-22-20(26)19-16-3-1-2-4-17(16)23-24-19/h1-8,18H,9-13H2,(H,22,26)(H,23,24)/t18-/m0/s1. The molecule has 2 aromatic carbocycles. The zero-order chi connectivity index (χ0) is 18.6. The van der Waals surface area contributed by atoms with Crippen molar-refractivity contribution in [2.45, 2.75) is 6.04 Å². The monoisotopic (exact) mass is 368 g/mol. The van der Waals surface area contributed by atoms with E-state index in [1.54, 1.807) is 12.1 Å². The molecule has 1 fully saturated rings. The third-order valence-electron chi connectivity index (χ3n) is 4.88. The van der Waals surface area contributed by atoms with Gasteiger partial charge in [-0.05, 0) is 23.8 Å². The maximum Gasteiger partial charge on any atom is 0.272 e. The molecular weight excluding hydrogens is 347 g/mol. The Hall–Kier alpha value is -2.77.